The Bertz CT molecular complexity index is 1040. The molecule has 3 aromatic rings. The Balaban J connectivity index is 2.06. The van der Waals surface area contributed by atoms with Crippen molar-refractivity contribution >= 4 is 28.4 Å². The van der Waals surface area contributed by atoms with E-state index in [0.29, 0.717) is 28.9 Å². The zero-order valence-corrected chi connectivity index (χ0v) is 13.9. The number of rotatable bonds is 4. The number of imidazole rings is 1. The van der Waals surface area contributed by atoms with Crippen molar-refractivity contribution in [2.24, 2.45) is 0 Å². The summed E-state index contributed by atoms with van der Waals surface area (Å²) in [6, 6.07) is 12.9. The van der Waals surface area contributed by atoms with Crippen LogP contribution >= 0.6 is 0 Å². The molecule has 1 aromatic heterocycles. The monoisotopic (exact) mass is 332 g/mol. The fraction of sp³-hybridized carbons (Fsp3) is 0.158. The standard InChI is InChI=1S/C19H16N4O2/c1-3-14-6-5-13(10-18(14)23(24)25)9-15(11-20)19-21-16-7-4-12(2)8-17(16)22-19/h4-10H,3H2,1-2H3,(H,21,22)/b15-9-. The maximum atomic E-state index is 11.2. The van der Waals surface area contributed by atoms with Gasteiger partial charge in [0.05, 0.1) is 21.5 Å². The molecule has 0 amide bonds. The van der Waals surface area contributed by atoms with Crippen LogP contribution in [0.15, 0.2) is 36.4 Å². The van der Waals surface area contributed by atoms with Crippen LogP contribution in [0.4, 0.5) is 5.69 Å². The molecule has 3 rings (SSSR count). The highest BCUT2D eigenvalue weighted by molar-refractivity contribution is 5.90. The van der Waals surface area contributed by atoms with Gasteiger partial charge in [-0.25, -0.2) is 4.98 Å². The third-order valence-electron chi connectivity index (χ3n) is 4.01. The average Bonchev–Trinajstić information content (AvgIpc) is 3.02. The van der Waals surface area contributed by atoms with Crippen molar-refractivity contribution in [2.75, 3.05) is 0 Å². The third kappa shape index (κ3) is 3.26. The average molecular weight is 332 g/mol. The number of aromatic amines is 1. The van der Waals surface area contributed by atoms with Crippen LogP contribution < -0.4 is 0 Å². The number of benzene rings is 2. The predicted molar refractivity (Wildman–Crippen MR) is 96.8 cm³/mol. The predicted octanol–water partition coefficient (Wildman–Crippen LogP) is 4.41. The van der Waals surface area contributed by atoms with E-state index in [0.717, 1.165) is 16.6 Å². The van der Waals surface area contributed by atoms with Gasteiger partial charge in [-0.3, -0.25) is 10.1 Å². The fourth-order valence-electron chi connectivity index (χ4n) is 2.71. The summed E-state index contributed by atoms with van der Waals surface area (Å²) >= 11 is 0. The van der Waals surface area contributed by atoms with Gasteiger partial charge in [-0.05, 0) is 42.7 Å². The number of aryl methyl sites for hydroxylation is 2. The molecule has 0 aliphatic heterocycles. The SMILES string of the molecule is CCc1ccc(/C=C(/C#N)c2nc3ccc(C)cc3[nH]2)cc1[N+](=O)[O-]. The Morgan fingerprint density at radius 2 is 2.16 bits per heavy atom. The highest BCUT2D eigenvalue weighted by Crippen LogP contribution is 2.24. The van der Waals surface area contributed by atoms with E-state index in [1.54, 1.807) is 18.2 Å². The number of hydrogen-bond donors (Lipinski definition) is 1. The molecule has 124 valence electrons. The number of nitrogens with one attached hydrogen (secondary N) is 1. The molecule has 6 nitrogen and oxygen atoms in total. The van der Waals surface area contributed by atoms with Gasteiger partial charge in [-0.1, -0.05) is 25.1 Å². The second-order valence-corrected chi connectivity index (χ2v) is 5.77. The molecule has 0 saturated heterocycles. The molecule has 25 heavy (non-hydrogen) atoms. The van der Waals surface area contributed by atoms with Crippen LogP contribution in [0.5, 0.6) is 0 Å². The number of aromatic nitrogens is 2. The van der Waals surface area contributed by atoms with E-state index in [1.165, 1.54) is 6.07 Å². The topological polar surface area (TPSA) is 95.6 Å². The van der Waals surface area contributed by atoms with Crippen LogP contribution in [0, 0.1) is 28.4 Å². The summed E-state index contributed by atoms with van der Waals surface area (Å²) in [5, 5.41) is 20.7. The Labute approximate surface area is 144 Å². The van der Waals surface area contributed by atoms with Gasteiger partial charge < -0.3 is 4.98 Å². The number of fused-ring (bicyclic) bond motifs is 1. The van der Waals surface area contributed by atoms with E-state index >= 15 is 0 Å². The fourth-order valence-corrected chi connectivity index (χ4v) is 2.71. The van der Waals surface area contributed by atoms with Crippen molar-refractivity contribution in [2.45, 2.75) is 20.3 Å². The molecule has 0 atom stereocenters. The van der Waals surface area contributed by atoms with E-state index in [-0.39, 0.29) is 5.69 Å². The molecule has 1 N–H and O–H groups in total. The lowest BCUT2D eigenvalue weighted by Crippen LogP contribution is -1.95. The van der Waals surface area contributed by atoms with Crippen LogP contribution in [0.2, 0.25) is 0 Å². The van der Waals surface area contributed by atoms with Gasteiger partial charge in [-0.15, -0.1) is 0 Å². The molecular formula is C19H16N4O2. The van der Waals surface area contributed by atoms with Crippen LogP contribution in [-0.2, 0) is 6.42 Å². The van der Waals surface area contributed by atoms with Crippen LogP contribution in [0.25, 0.3) is 22.7 Å². The van der Waals surface area contributed by atoms with Gasteiger partial charge in [0.25, 0.3) is 5.69 Å². The molecule has 0 saturated carbocycles. The van der Waals surface area contributed by atoms with Crippen molar-refractivity contribution in [3.05, 3.63) is 69.0 Å². The van der Waals surface area contributed by atoms with Gasteiger partial charge in [0.15, 0.2) is 0 Å². The van der Waals surface area contributed by atoms with E-state index < -0.39 is 4.92 Å². The molecule has 0 bridgehead atoms. The number of hydrogen-bond acceptors (Lipinski definition) is 4. The molecule has 0 unspecified atom stereocenters. The lowest BCUT2D eigenvalue weighted by Gasteiger charge is -2.01. The van der Waals surface area contributed by atoms with Gasteiger partial charge in [0.2, 0.25) is 0 Å². The molecule has 0 radical (unpaired) electrons. The molecule has 2 aromatic carbocycles. The number of nitrogens with zero attached hydrogens (tertiary/aromatic N) is 3. The lowest BCUT2D eigenvalue weighted by atomic mass is 10.0. The van der Waals surface area contributed by atoms with Crippen molar-refractivity contribution in [3.8, 4) is 6.07 Å². The van der Waals surface area contributed by atoms with Crippen molar-refractivity contribution in [1.29, 1.82) is 5.26 Å². The maximum absolute atomic E-state index is 11.2. The molecule has 0 aliphatic carbocycles. The first kappa shape index (κ1) is 16.4. The number of nitro benzene ring substituents is 1. The smallest absolute Gasteiger partial charge is 0.273 e. The van der Waals surface area contributed by atoms with E-state index in [2.05, 4.69) is 16.0 Å². The zero-order chi connectivity index (χ0) is 18.0. The summed E-state index contributed by atoms with van der Waals surface area (Å²) in [7, 11) is 0. The van der Waals surface area contributed by atoms with Gasteiger partial charge >= 0.3 is 0 Å². The summed E-state index contributed by atoms with van der Waals surface area (Å²) in [5.74, 6) is 0.449. The first-order valence-electron chi connectivity index (χ1n) is 7.87. The van der Waals surface area contributed by atoms with E-state index in [1.807, 2.05) is 32.0 Å². The van der Waals surface area contributed by atoms with E-state index in [4.69, 9.17) is 0 Å². The minimum absolute atomic E-state index is 0.0637. The highest BCUT2D eigenvalue weighted by atomic mass is 16.6. The summed E-state index contributed by atoms with van der Waals surface area (Å²) in [6.45, 7) is 3.85. The lowest BCUT2D eigenvalue weighted by molar-refractivity contribution is -0.385. The number of allylic oxidation sites excluding steroid dienone is 1. The molecular weight excluding hydrogens is 316 g/mol. The Hall–Kier alpha value is -3.46. The minimum Gasteiger partial charge on any atom is -0.337 e. The second kappa shape index (κ2) is 6.57. The molecule has 0 aliphatic rings. The van der Waals surface area contributed by atoms with E-state index in [9.17, 15) is 15.4 Å². The Morgan fingerprint density at radius 3 is 2.84 bits per heavy atom. The highest BCUT2D eigenvalue weighted by Gasteiger charge is 2.14. The van der Waals surface area contributed by atoms with Crippen molar-refractivity contribution in [3.63, 3.8) is 0 Å². The normalized spacial score (nSPS) is 11.5. The van der Waals surface area contributed by atoms with Gasteiger partial charge in [-0.2, -0.15) is 5.26 Å². The van der Waals surface area contributed by atoms with Crippen LogP contribution in [-0.4, -0.2) is 14.9 Å². The maximum Gasteiger partial charge on any atom is 0.273 e. The van der Waals surface area contributed by atoms with Crippen LogP contribution in [0.3, 0.4) is 0 Å². The Morgan fingerprint density at radius 1 is 1.36 bits per heavy atom. The molecule has 1 heterocycles. The number of nitro groups is 1. The minimum atomic E-state index is -0.397. The van der Waals surface area contributed by atoms with Crippen molar-refractivity contribution < 1.29 is 4.92 Å². The summed E-state index contributed by atoms with van der Waals surface area (Å²) < 4.78 is 0. The molecule has 0 fully saturated rings. The van der Waals surface area contributed by atoms with Crippen LogP contribution in [0.1, 0.15) is 29.4 Å². The molecule has 6 heteroatoms. The van der Waals surface area contributed by atoms with Gasteiger partial charge in [0, 0.05) is 11.6 Å². The Kier molecular flexibility index (Phi) is 4.31. The number of H-pyrrole nitrogens is 1. The summed E-state index contributed by atoms with van der Waals surface area (Å²) in [6.07, 6.45) is 2.19. The zero-order valence-electron chi connectivity index (χ0n) is 13.9. The first-order valence-corrected chi connectivity index (χ1v) is 7.87. The first-order chi connectivity index (χ1) is 12.0. The summed E-state index contributed by atoms with van der Waals surface area (Å²) in [5.41, 5.74) is 4.37. The third-order valence-corrected chi connectivity index (χ3v) is 4.01. The second-order valence-electron chi connectivity index (χ2n) is 5.77. The largest absolute Gasteiger partial charge is 0.337 e. The number of nitriles is 1. The quantitative estimate of drug-likeness (QED) is 0.435. The van der Waals surface area contributed by atoms with Gasteiger partial charge in [0.1, 0.15) is 11.9 Å². The molecule has 0 spiro atoms. The van der Waals surface area contributed by atoms with Crippen molar-refractivity contribution in [1.82, 2.24) is 9.97 Å². The summed E-state index contributed by atoms with van der Waals surface area (Å²) in [4.78, 5) is 18.4.